The van der Waals surface area contributed by atoms with Crippen LogP contribution < -0.4 is 5.73 Å². The molecule has 0 saturated heterocycles. The zero-order valence-electron chi connectivity index (χ0n) is 10.3. The van der Waals surface area contributed by atoms with E-state index in [1.54, 1.807) is 0 Å². The van der Waals surface area contributed by atoms with E-state index >= 15 is 0 Å². The summed E-state index contributed by atoms with van der Waals surface area (Å²) in [6.45, 7) is 2.40. The average molecular weight is 209 g/mol. The highest BCUT2D eigenvalue weighted by Crippen LogP contribution is 2.36. The van der Waals surface area contributed by atoms with E-state index < -0.39 is 0 Å². The largest absolute Gasteiger partial charge is 0.327 e. The minimum atomic E-state index is 0.505. The van der Waals surface area contributed by atoms with Crippen LogP contribution in [0.15, 0.2) is 0 Å². The van der Waals surface area contributed by atoms with E-state index in [2.05, 4.69) is 6.92 Å². The molecule has 0 aromatic rings. The molecule has 0 radical (unpaired) electrons. The second kappa shape index (κ2) is 5.34. The fourth-order valence-corrected chi connectivity index (χ4v) is 3.79. The third-order valence-corrected chi connectivity index (χ3v) is 4.81. The zero-order chi connectivity index (χ0) is 10.7. The Morgan fingerprint density at radius 2 is 1.73 bits per heavy atom. The number of hydrogen-bond acceptors (Lipinski definition) is 1. The lowest BCUT2D eigenvalue weighted by Gasteiger charge is -2.29. The van der Waals surface area contributed by atoms with Gasteiger partial charge < -0.3 is 5.73 Å². The predicted octanol–water partition coefficient (Wildman–Crippen LogP) is 3.72. The molecule has 0 bridgehead atoms. The zero-order valence-corrected chi connectivity index (χ0v) is 10.3. The molecular formula is C14H27N. The fraction of sp³-hybridized carbons (Fsp3) is 1.00. The van der Waals surface area contributed by atoms with Gasteiger partial charge in [-0.3, -0.25) is 0 Å². The molecule has 0 aromatic heterocycles. The van der Waals surface area contributed by atoms with Gasteiger partial charge in [-0.2, -0.15) is 0 Å². The SMILES string of the molecule is CC1CCCC1C(N)CC1CCCCC1. The number of hydrogen-bond donors (Lipinski definition) is 1. The lowest BCUT2D eigenvalue weighted by Crippen LogP contribution is -2.34. The maximum absolute atomic E-state index is 6.40. The van der Waals surface area contributed by atoms with Crippen molar-refractivity contribution in [2.75, 3.05) is 0 Å². The summed E-state index contributed by atoms with van der Waals surface area (Å²) in [4.78, 5) is 0. The Morgan fingerprint density at radius 1 is 1.00 bits per heavy atom. The molecule has 2 N–H and O–H groups in total. The van der Waals surface area contributed by atoms with Crippen molar-refractivity contribution in [1.82, 2.24) is 0 Å². The van der Waals surface area contributed by atoms with Crippen LogP contribution in [-0.2, 0) is 0 Å². The Bertz CT molecular complexity index is 184. The smallest absolute Gasteiger partial charge is 0.00723 e. The van der Waals surface area contributed by atoms with Crippen molar-refractivity contribution in [2.24, 2.45) is 23.5 Å². The summed E-state index contributed by atoms with van der Waals surface area (Å²) in [7, 11) is 0. The van der Waals surface area contributed by atoms with Crippen LogP contribution in [0, 0.1) is 17.8 Å². The quantitative estimate of drug-likeness (QED) is 0.753. The molecule has 0 amide bonds. The third-order valence-electron chi connectivity index (χ3n) is 4.81. The second-order valence-corrected chi connectivity index (χ2v) is 5.98. The van der Waals surface area contributed by atoms with E-state index in [0.29, 0.717) is 6.04 Å². The van der Waals surface area contributed by atoms with Gasteiger partial charge in [0.15, 0.2) is 0 Å². The van der Waals surface area contributed by atoms with E-state index in [1.165, 1.54) is 57.8 Å². The third kappa shape index (κ3) is 2.96. The molecule has 3 unspecified atom stereocenters. The molecule has 88 valence electrons. The van der Waals surface area contributed by atoms with Gasteiger partial charge in [0.25, 0.3) is 0 Å². The van der Waals surface area contributed by atoms with Crippen LogP contribution in [0.2, 0.25) is 0 Å². The van der Waals surface area contributed by atoms with Gasteiger partial charge in [0.1, 0.15) is 0 Å². The summed E-state index contributed by atoms with van der Waals surface area (Å²) >= 11 is 0. The molecular weight excluding hydrogens is 182 g/mol. The first-order valence-electron chi connectivity index (χ1n) is 7.03. The Hall–Kier alpha value is -0.0400. The van der Waals surface area contributed by atoms with E-state index in [0.717, 1.165) is 17.8 Å². The molecule has 3 atom stereocenters. The van der Waals surface area contributed by atoms with Crippen molar-refractivity contribution in [3.8, 4) is 0 Å². The lowest BCUT2D eigenvalue weighted by atomic mass is 9.80. The number of rotatable bonds is 3. The maximum atomic E-state index is 6.40. The van der Waals surface area contributed by atoms with E-state index in [9.17, 15) is 0 Å². The van der Waals surface area contributed by atoms with Crippen LogP contribution in [0.1, 0.15) is 64.7 Å². The Morgan fingerprint density at radius 3 is 2.33 bits per heavy atom. The molecule has 0 aliphatic heterocycles. The van der Waals surface area contributed by atoms with E-state index in [-0.39, 0.29) is 0 Å². The number of nitrogens with two attached hydrogens (primary N) is 1. The normalized spacial score (nSPS) is 35.6. The van der Waals surface area contributed by atoms with Crippen LogP contribution in [0.4, 0.5) is 0 Å². The molecule has 2 aliphatic carbocycles. The molecule has 2 aliphatic rings. The van der Waals surface area contributed by atoms with Gasteiger partial charge in [-0.05, 0) is 30.6 Å². The fourth-order valence-electron chi connectivity index (χ4n) is 3.79. The van der Waals surface area contributed by atoms with Crippen molar-refractivity contribution >= 4 is 0 Å². The van der Waals surface area contributed by atoms with Crippen LogP contribution >= 0.6 is 0 Å². The molecule has 0 aromatic carbocycles. The van der Waals surface area contributed by atoms with E-state index in [4.69, 9.17) is 5.73 Å². The van der Waals surface area contributed by atoms with Gasteiger partial charge in [0.2, 0.25) is 0 Å². The summed E-state index contributed by atoms with van der Waals surface area (Å²) in [5.41, 5.74) is 6.40. The topological polar surface area (TPSA) is 26.0 Å². The summed E-state index contributed by atoms with van der Waals surface area (Å²) in [6, 6.07) is 0.505. The van der Waals surface area contributed by atoms with Crippen molar-refractivity contribution in [1.29, 1.82) is 0 Å². The first-order chi connectivity index (χ1) is 7.27. The first kappa shape index (κ1) is 11.4. The molecule has 15 heavy (non-hydrogen) atoms. The van der Waals surface area contributed by atoms with Crippen LogP contribution in [0.25, 0.3) is 0 Å². The summed E-state index contributed by atoms with van der Waals surface area (Å²) in [6.07, 6.45) is 12.8. The van der Waals surface area contributed by atoms with Crippen molar-refractivity contribution in [3.63, 3.8) is 0 Å². The highest BCUT2D eigenvalue weighted by molar-refractivity contribution is 4.84. The average Bonchev–Trinajstić information content (AvgIpc) is 2.66. The minimum Gasteiger partial charge on any atom is -0.327 e. The Labute approximate surface area is 94.8 Å². The lowest BCUT2D eigenvalue weighted by molar-refractivity contribution is 0.256. The van der Waals surface area contributed by atoms with Crippen molar-refractivity contribution < 1.29 is 0 Å². The summed E-state index contributed by atoms with van der Waals surface area (Å²) < 4.78 is 0. The van der Waals surface area contributed by atoms with Gasteiger partial charge in [-0.25, -0.2) is 0 Å². The van der Waals surface area contributed by atoms with Gasteiger partial charge in [-0.15, -0.1) is 0 Å². The van der Waals surface area contributed by atoms with Crippen molar-refractivity contribution in [2.45, 2.75) is 70.8 Å². The minimum absolute atomic E-state index is 0.505. The van der Waals surface area contributed by atoms with Gasteiger partial charge >= 0.3 is 0 Å². The van der Waals surface area contributed by atoms with Gasteiger partial charge in [0.05, 0.1) is 0 Å². The predicted molar refractivity (Wildman–Crippen MR) is 65.7 cm³/mol. The molecule has 2 rings (SSSR count). The molecule has 0 spiro atoms. The van der Waals surface area contributed by atoms with Gasteiger partial charge in [-0.1, -0.05) is 51.9 Å². The van der Waals surface area contributed by atoms with E-state index in [1.807, 2.05) is 0 Å². The monoisotopic (exact) mass is 209 g/mol. The van der Waals surface area contributed by atoms with Crippen LogP contribution in [-0.4, -0.2) is 6.04 Å². The summed E-state index contributed by atoms with van der Waals surface area (Å²) in [5, 5.41) is 0. The Kier molecular flexibility index (Phi) is 4.07. The molecule has 1 nitrogen and oxygen atoms in total. The first-order valence-corrected chi connectivity index (χ1v) is 7.03. The van der Waals surface area contributed by atoms with Crippen LogP contribution in [0.5, 0.6) is 0 Å². The highest BCUT2D eigenvalue weighted by atomic mass is 14.7. The second-order valence-electron chi connectivity index (χ2n) is 5.98. The van der Waals surface area contributed by atoms with Crippen LogP contribution in [0.3, 0.4) is 0 Å². The van der Waals surface area contributed by atoms with Gasteiger partial charge in [0, 0.05) is 6.04 Å². The molecule has 0 heterocycles. The molecule has 1 heteroatoms. The highest BCUT2D eigenvalue weighted by Gasteiger charge is 2.30. The summed E-state index contributed by atoms with van der Waals surface area (Å²) in [5.74, 6) is 2.69. The molecule has 2 saturated carbocycles. The Balaban J connectivity index is 1.77. The molecule has 2 fully saturated rings. The maximum Gasteiger partial charge on any atom is 0.00723 e. The van der Waals surface area contributed by atoms with Crippen molar-refractivity contribution in [3.05, 3.63) is 0 Å². The standard InChI is InChI=1S/C14H27N/c1-11-6-5-9-13(11)14(15)10-12-7-3-2-4-8-12/h11-14H,2-10,15H2,1H3.